The number of aromatic nitrogens is 2. The maximum absolute atomic E-state index is 10.6. The van der Waals surface area contributed by atoms with E-state index in [0.717, 1.165) is 40.1 Å². The molecule has 0 aliphatic rings. The summed E-state index contributed by atoms with van der Waals surface area (Å²) >= 11 is 3.46. The van der Waals surface area contributed by atoms with Crippen molar-refractivity contribution in [3.8, 4) is 5.75 Å². The van der Waals surface area contributed by atoms with Gasteiger partial charge in [-0.3, -0.25) is 4.68 Å². The van der Waals surface area contributed by atoms with Crippen LogP contribution in [0.5, 0.6) is 5.75 Å². The van der Waals surface area contributed by atoms with Crippen LogP contribution in [0.2, 0.25) is 0 Å². The maximum atomic E-state index is 10.6. The zero-order valence-corrected chi connectivity index (χ0v) is 14.2. The second-order valence-corrected chi connectivity index (χ2v) is 5.82. The number of aliphatic hydroxyl groups excluding tert-OH is 1. The van der Waals surface area contributed by atoms with Crippen LogP contribution in [0.4, 0.5) is 0 Å². The van der Waals surface area contributed by atoms with Gasteiger partial charge in [0.05, 0.1) is 24.6 Å². The van der Waals surface area contributed by atoms with Gasteiger partial charge in [0.15, 0.2) is 0 Å². The Morgan fingerprint density at radius 3 is 2.71 bits per heavy atom. The third-order valence-electron chi connectivity index (χ3n) is 3.52. The molecule has 21 heavy (non-hydrogen) atoms. The molecule has 0 bridgehead atoms. The van der Waals surface area contributed by atoms with Crippen LogP contribution >= 0.6 is 15.9 Å². The molecular formula is C16H21BrN2O2. The number of nitrogens with zero attached hydrogens (tertiary/aromatic N) is 2. The summed E-state index contributed by atoms with van der Waals surface area (Å²) in [6, 6.07) is 7.80. The molecule has 0 aliphatic heterocycles. The zero-order valence-electron chi connectivity index (χ0n) is 12.6. The van der Waals surface area contributed by atoms with Gasteiger partial charge in [-0.1, -0.05) is 22.9 Å². The molecule has 1 heterocycles. The molecule has 1 atom stereocenters. The molecular weight excluding hydrogens is 332 g/mol. The molecule has 1 aromatic carbocycles. The summed E-state index contributed by atoms with van der Waals surface area (Å²) in [6.07, 6.45) is 0.769. The third kappa shape index (κ3) is 3.66. The van der Waals surface area contributed by atoms with Gasteiger partial charge < -0.3 is 9.84 Å². The van der Waals surface area contributed by atoms with Gasteiger partial charge in [0.2, 0.25) is 0 Å². The molecule has 0 saturated carbocycles. The van der Waals surface area contributed by atoms with Crippen molar-refractivity contribution < 1.29 is 9.84 Å². The van der Waals surface area contributed by atoms with Gasteiger partial charge >= 0.3 is 0 Å². The summed E-state index contributed by atoms with van der Waals surface area (Å²) in [6.45, 7) is 4.85. The van der Waals surface area contributed by atoms with Crippen molar-refractivity contribution in [1.29, 1.82) is 0 Å². The number of halogens is 1. The number of rotatable bonds is 6. The average molecular weight is 353 g/mol. The highest BCUT2D eigenvalue weighted by Crippen LogP contribution is 2.28. The van der Waals surface area contributed by atoms with Crippen LogP contribution < -0.4 is 4.74 Å². The zero-order chi connectivity index (χ0) is 15.4. The summed E-state index contributed by atoms with van der Waals surface area (Å²) in [5, 5.41) is 15.1. The molecule has 0 radical (unpaired) electrons. The fourth-order valence-electron chi connectivity index (χ4n) is 2.40. The highest BCUT2D eigenvalue weighted by atomic mass is 79.9. The first-order valence-electron chi connectivity index (χ1n) is 7.16. The Morgan fingerprint density at radius 2 is 2.10 bits per heavy atom. The van der Waals surface area contributed by atoms with E-state index in [1.807, 2.05) is 35.9 Å². The van der Waals surface area contributed by atoms with E-state index in [0.29, 0.717) is 6.42 Å². The van der Waals surface area contributed by atoms with Crippen LogP contribution in [0.25, 0.3) is 0 Å². The summed E-state index contributed by atoms with van der Waals surface area (Å²) in [7, 11) is 1.64. The number of hydrogen-bond donors (Lipinski definition) is 1. The molecule has 1 unspecified atom stereocenters. The van der Waals surface area contributed by atoms with Crippen molar-refractivity contribution in [2.45, 2.75) is 39.3 Å². The Labute approximate surface area is 133 Å². The van der Waals surface area contributed by atoms with Gasteiger partial charge in [0.25, 0.3) is 0 Å². The monoisotopic (exact) mass is 352 g/mol. The summed E-state index contributed by atoms with van der Waals surface area (Å²) in [4.78, 5) is 0. The lowest BCUT2D eigenvalue weighted by atomic mass is 10.0. The molecule has 5 heteroatoms. The molecule has 2 aromatic rings. The highest BCUT2D eigenvalue weighted by molar-refractivity contribution is 9.10. The molecule has 0 spiro atoms. The van der Waals surface area contributed by atoms with Crippen LogP contribution in [-0.4, -0.2) is 22.0 Å². The number of benzene rings is 1. The largest absolute Gasteiger partial charge is 0.496 e. The molecule has 1 N–H and O–H groups in total. The normalized spacial score (nSPS) is 12.4. The molecule has 4 nitrogen and oxygen atoms in total. The molecule has 114 valence electrons. The number of ether oxygens (including phenoxy) is 1. The minimum Gasteiger partial charge on any atom is -0.496 e. The maximum Gasteiger partial charge on any atom is 0.122 e. The van der Waals surface area contributed by atoms with Crippen LogP contribution in [0, 0.1) is 0 Å². The number of aryl methyl sites for hydroxylation is 2. The van der Waals surface area contributed by atoms with Gasteiger partial charge in [-0.15, -0.1) is 0 Å². The van der Waals surface area contributed by atoms with E-state index in [1.54, 1.807) is 7.11 Å². The number of methoxy groups -OCH3 is 1. The molecule has 0 fully saturated rings. The standard InChI is InChI=1S/C16H21BrN2O2/c1-4-13-10-14(19(5-2)18-13)15(20)9-11-8-12(17)6-7-16(11)21-3/h6-8,10,15,20H,4-5,9H2,1-3H3. The first-order valence-corrected chi connectivity index (χ1v) is 7.95. The quantitative estimate of drug-likeness (QED) is 0.865. The summed E-state index contributed by atoms with van der Waals surface area (Å²) < 4.78 is 8.21. The number of hydrogen-bond acceptors (Lipinski definition) is 3. The van der Waals surface area contributed by atoms with E-state index >= 15 is 0 Å². The van der Waals surface area contributed by atoms with Crippen molar-refractivity contribution in [3.05, 3.63) is 45.7 Å². The van der Waals surface area contributed by atoms with Crippen LogP contribution in [-0.2, 0) is 19.4 Å². The lowest BCUT2D eigenvalue weighted by Crippen LogP contribution is -2.10. The van der Waals surface area contributed by atoms with E-state index in [-0.39, 0.29) is 0 Å². The van der Waals surface area contributed by atoms with E-state index in [2.05, 4.69) is 28.0 Å². The minimum absolute atomic E-state index is 0.497. The van der Waals surface area contributed by atoms with Crippen molar-refractivity contribution in [2.24, 2.45) is 0 Å². The van der Waals surface area contributed by atoms with Crippen LogP contribution in [0.3, 0.4) is 0 Å². The van der Waals surface area contributed by atoms with E-state index in [1.165, 1.54) is 0 Å². The fraction of sp³-hybridized carbons (Fsp3) is 0.438. The van der Waals surface area contributed by atoms with Crippen molar-refractivity contribution >= 4 is 15.9 Å². The van der Waals surface area contributed by atoms with Gasteiger partial charge in [-0.05, 0) is 43.2 Å². The second-order valence-electron chi connectivity index (χ2n) is 4.91. The predicted molar refractivity (Wildman–Crippen MR) is 86.6 cm³/mol. The van der Waals surface area contributed by atoms with E-state index in [9.17, 15) is 5.11 Å². The molecule has 0 aliphatic carbocycles. The lowest BCUT2D eigenvalue weighted by Gasteiger charge is -2.15. The second kappa shape index (κ2) is 7.09. The van der Waals surface area contributed by atoms with Crippen molar-refractivity contribution in [3.63, 3.8) is 0 Å². The Bertz CT molecular complexity index is 610. The summed E-state index contributed by atoms with van der Waals surface area (Å²) in [5.41, 5.74) is 2.84. The molecule has 0 saturated heterocycles. The van der Waals surface area contributed by atoms with Gasteiger partial charge in [0, 0.05) is 17.4 Å². The van der Waals surface area contributed by atoms with Gasteiger partial charge in [-0.2, -0.15) is 5.10 Å². The van der Waals surface area contributed by atoms with Gasteiger partial charge in [0.1, 0.15) is 5.75 Å². The SMILES string of the molecule is CCc1cc(C(O)Cc2cc(Br)ccc2OC)n(CC)n1. The third-order valence-corrected chi connectivity index (χ3v) is 4.01. The lowest BCUT2D eigenvalue weighted by molar-refractivity contribution is 0.166. The van der Waals surface area contributed by atoms with Crippen LogP contribution in [0.15, 0.2) is 28.7 Å². The molecule has 0 amide bonds. The molecule has 2 rings (SSSR count). The minimum atomic E-state index is -0.596. The average Bonchev–Trinajstić information content (AvgIpc) is 2.91. The Kier molecular flexibility index (Phi) is 5.42. The summed E-state index contributed by atoms with van der Waals surface area (Å²) in [5.74, 6) is 0.788. The number of aliphatic hydroxyl groups is 1. The Balaban J connectivity index is 2.27. The van der Waals surface area contributed by atoms with Crippen LogP contribution in [0.1, 0.15) is 36.9 Å². The Morgan fingerprint density at radius 1 is 1.33 bits per heavy atom. The predicted octanol–water partition coefficient (Wildman–Crippen LogP) is 3.51. The smallest absolute Gasteiger partial charge is 0.122 e. The van der Waals surface area contributed by atoms with E-state index < -0.39 is 6.10 Å². The van der Waals surface area contributed by atoms with E-state index in [4.69, 9.17) is 4.74 Å². The van der Waals surface area contributed by atoms with Crippen molar-refractivity contribution in [2.75, 3.05) is 7.11 Å². The topological polar surface area (TPSA) is 47.3 Å². The fourth-order valence-corrected chi connectivity index (χ4v) is 2.81. The Hall–Kier alpha value is -1.33. The van der Waals surface area contributed by atoms with Gasteiger partial charge in [-0.25, -0.2) is 0 Å². The first-order chi connectivity index (χ1) is 10.1. The van der Waals surface area contributed by atoms with Crippen molar-refractivity contribution in [1.82, 2.24) is 9.78 Å². The highest BCUT2D eigenvalue weighted by Gasteiger charge is 2.17. The first kappa shape index (κ1) is 16.0. The molecule has 1 aromatic heterocycles.